The molecule has 0 radical (unpaired) electrons. The number of benzene rings is 3. The molecule has 1 atom stereocenters. The first-order chi connectivity index (χ1) is 18.9. The second-order valence-electron chi connectivity index (χ2n) is 9.42. The largest absolute Gasteiger partial charge is 0.491 e. The van der Waals surface area contributed by atoms with Crippen molar-refractivity contribution in [3.63, 3.8) is 0 Å². The number of halogens is 1. The molecule has 39 heavy (non-hydrogen) atoms. The fourth-order valence-corrected chi connectivity index (χ4v) is 4.83. The number of carbonyl (C=O) groups excluding carboxylic acids is 3. The maximum Gasteiger partial charge on any atom is 0.335 e. The standard InChI is InChI=1S/C31H28ClN3O4/c1-3-20(2)24-8-5-7-11-28(24)39-17-16-34-19-21(25-9-4-6-10-27(25)34)18-26-29(36)33-31(38)35(30(26)37)23-14-12-22(32)13-15-23/h4-15,18-20H,3,16-17H2,1-2H3,(H,33,36,38). The summed E-state index contributed by atoms with van der Waals surface area (Å²) in [5.41, 5.74) is 3.00. The molecular weight excluding hydrogens is 514 g/mol. The maximum atomic E-state index is 13.3. The second kappa shape index (κ2) is 11.2. The Kier molecular flexibility index (Phi) is 7.52. The van der Waals surface area contributed by atoms with E-state index in [9.17, 15) is 14.4 Å². The SMILES string of the molecule is CCC(C)c1ccccc1OCCn1cc(C=C2C(=O)NC(=O)N(c3ccc(Cl)cc3)C2=O)c2ccccc21. The van der Waals surface area contributed by atoms with E-state index in [1.165, 1.54) is 11.6 Å². The lowest BCUT2D eigenvalue weighted by Gasteiger charge is -2.26. The minimum absolute atomic E-state index is 0.133. The molecule has 4 aromatic rings. The Hall–Kier alpha value is -4.36. The van der Waals surface area contributed by atoms with Gasteiger partial charge < -0.3 is 9.30 Å². The summed E-state index contributed by atoms with van der Waals surface area (Å²) in [7, 11) is 0. The van der Waals surface area contributed by atoms with Gasteiger partial charge in [0.1, 0.15) is 17.9 Å². The highest BCUT2D eigenvalue weighted by Gasteiger charge is 2.37. The van der Waals surface area contributed by atoms with E-state index < -0.39 is 17.8 Å². The molecule has 0 saturated carbocycles. The summed E-state index contributed by atoms with van der Waals surface area (Å²) in [5, 5.41) is 3.61. The molecule has 1 saturated heterocycles. The van der Waals surface area contributed by atoms with Gasteiger partial charge in [-0.05, 0) is 60.4 Å². The van der Waals surface area contributed by atoms with Crippen LogP contribution in [0.25, 0.3) is 17.0 Å². The van der Waals surface area contributed by atoms with Gasteiger partial charge in [-0.1, -0.05) is 61.8 Å². The van der Waals surface area contributed by atoms with Gasteiger partial charge in [-0.3, -0.25) is 14.9 Å². The fourth-order valence-electron chi connectivity index (χ4n) is 4.71. The Morgan fingerprint density at radius 2 is 1.69 bits per heavy atom. The minimum Gasteiger partial charge on any atom is -0.491 e. The number of carbonyl (C=O) groups is 3. The number of hydrogen-bond donors (Lipinski definition) is 1. The number of fused-ring (bicyclic) bond motifs is 1. The number of urea groups is 1. The van der Waals surface area contributed by atoms with E-state index in [0.29, 0.717) is 35.3 Å². The van der Waals surface area contributed by atoms with Crippen molar-refractivity contribution in [1.29, 1.82) is 0 Å². The van der Waals surface area contributed by atoms with Crippen LogP contribution in [0.1, 0.15) is 37.3 Å². The zero-order chi connectivity index (χ0) is 27.5. The summed E-state index contributed by atoms with van der Waals surface area (Å²) in [6, 6.07) is 21.3. The highest BCUT2D eigenvalue weighted by molar-refractivity contribution is 6.39. The predicted octanol–water partition coefficient (Wildman–Crippen LogP) is 6.55. The van der Waals surface area contributed by atoms with E-state index in [0.717, 1.165) is 28.0 Å². The molecule has 0 spiro atoms. The second-order valence-corrected chi connectivity index (χ2v) is 9.86. The molecule has 8 heteroatoms. The molecule has 1 N–H and O–H groups in total. The first-order valence-electron chi connectivity index (χ1n) is 12.8. The van der Waals surface area contributed by atoms with Crippen LogP contribution in [0.4, 0.5) is 10.5 Å². The molecule has 1 unspecified atom stereocenters. The van der Waals surface area contributed by atoms with Crippen LogP contribution >= 0.6 is 11.6 Å². The molecule has 0 bridgehead atoms. The number of para-hydroxylation sites is 2. The molecule has 0 aliphatic carbocycles. The molecule has 3 aromatic carbocycles. The highest BCUT2D eigenvalue weighted by atomic mass is 35.5. The lowest BCUT2D eigenvalue weighted by Crippen LogP contribution is -2.54. The zero-order valence-electron chi connectivity index (χ0n) is 21.7. The van der Waals surface area contributed by atoms with Crippen LogP contribution in [0.2, 0.25) is 5.02 Å². The van der Waals surface area contributed by atoms with Gasteiger partial charge in [0.25, 0.3) is 11.8 Å². The van der Waals surface area contributed by atoms with Crippen molar-refractivity contribution in [3.05, 3.63) is 101 Å². The highest BCUT2D eigenvalue weighted by Crippen LogP contribution is 2.30. The van der Waals surface area contributed by atoms with Gasteiger partial charge in [-0.15, -0.1) is 0 Å². The van der Waals surface area contributed by atoms with Crippen molar-refractivity contribution >= 4 is 52.1 Å². The minimum atomic E-state index is -0.804. The Morgan fingerprint density at radius 3 is 2.46 bits per heavy atom. The van der Waals surface area contributed by atoms with Gasteiger partial charge in [0, 0.05) is 27.7 Å². The molecule has 1 aromatic heterocycles. The number of imide groups is 2. The Balaban J connectivity index is 1.43. The third kappa shape index (κ3) is 5.31. The van der Waals surface area contributed by atoms with Crippen molar-refractivity contribution in [1.82, 2.24) is 9.88 Å². The third-order valence-corrected chi connectivity index (χ3v) is 7.21. The monoisotopic (exact) mass is 541 g/mol. The van der Waals surface area contributed by atoms with Crippen molar-refractivity contribution < 1.29 is 19.1 Å². The first-order valence-corrected chi connectivity index (χ1v) is 13.2. The van der Waals surface area contributed by atoms with Crippen molar-refractivity contribution in [2.24, 2.45) is 0 Å². The van der Waals surface area contributed by atoms with E-state index in [4.69, 9.17) is 16.3 Å². The summed E-state index contributed by atoms with van der Waals surface area (Å²) < 4.78 is 8.22. The molecule has 1 fully saturated rings. The summed E-state index contributed by atoms with van der Waals surface area (Å²) in [4.78, 5) is 39.5. The van der Waals surface area contributed by atoms with Crippen LogP contribution in [0, 0.1) is 0 Å². The lowest BCUT2D eigenvalue weighted by molar-refractivity contribution is -0.122. The van der Waals surface area contributed by atoms with E-state index in [1.54, 1.807) is 24.3 Å². The van der Waals surface area contributed by atoms with Gasteiger partial charge in [-0.2, -0.15) is 0 Å². The lowest BCUT2D eigenvalue weighted by atomic mass is 9.98. The van der Waals surface area contributed by atoms with E-state index in [2.05, 4.69) is 25.2 Å². The molecule has 1 aliphatic rings. The summed E-state index contributed by atoms with van der Waals surface area (Å²) in [6.07, 6.45) is 4.45. The Labute approximate surface area is 231 Å². The van der Waals surface area contributed by atoms with Crippen LogP contribution < -0.4 is 15.0 Å². The van der Waals surface area contributed by atoms with Gasteiger partial charge in [0.05, 0.1) is 12.2 Å². The van der Waals surface area contributed by atoms with Crippen molar-refractivity contribution in [2.45, 2.75) is 32.7 Å². The molecule has 4 amide bonds. The number of ether oxygens (including phenoxy) is 1. The average molecular weight is 542 g/mol. The van der Waals surface area contributed by atoms with Crippen LogP contribution in [0.5, 0.6) is 5.75 Å². The summed E-state index contributed by atoms with van der Waals surface area (Å²) in [5.74, 6) is -0.169. The predicted molar refractivity (Wildman–Crippen MR) is 153 cm³/mol. The van der Waals surface area contributed by atoms with E-state index >= 15 is 0 Å². The van der Waals surface area contributed by atoms with Gasteiger partial charge in [-0.25, -0.2) is 9.69 Å². The van der Waals surface area contributed by atoms with Gasteiger partial charge in [0.2, 0.25) is 0 Å². The van der Waals surface area contributed by atoms with E-state index in [-0.39, 0.29) is 5.57 Å². The zero-order valence-corrected chi connectivity index (χ0v) is 22.4. The third-order valence-electron chi connectivity index (χ3n) is 6.96. The van der Waals surface area contributed by atoms with Crippen molar-refractivity contribution in [3.8, 4) is 5.75 Å². The molecule has 198 valence electrons. The summed E-state index contributed by atoms with van der Waals surface area (Å²) in [6.45, 7) is 5.35. The summed E-state index contributed by atoms with van der Waals surface area (Å²) >= 11 is 5.96. The number of amides is 4. The molecule has 7 nitrogen and oxygen atoms in total. The number of barbiturate groups is 1. The Morgan fingerprint density at radius 1 is 0.974 bits per heavy atom. The topological polar surface area (TPSA) is 80.6 Å². The number of aromatic nitrogens is 1. The number of nitrogens with zero attached hydrogens (tertiary/aromatic N) is 2. The Bertz CT molecular complexity index is 1590. The molecule has 2 heterocycles. The van der Waals surface area contributed by atoms with Gasteiger partial charge >= 0.3 is 6.03 Å². The smallest absolute Gasteiger partial charge is 0.335 e. The van der Waals surface area contributed by atoms with Crippen LogP contribution in [-0.2, 0) is 16.1 Å². The number of hydrogen-bond acceptors (Lipinski definition) is 4. The average Bonchev–Trinajstić information content (AvgIpc) is 3.29. The van der Waals surface area contributed by atoms with Crippen LogP contribution in [-0.4, -0.2) is 29.0 Å². The molecular formula is C31H28ClN3O4. The molecule has 5 rings (SSSR count). The quantitative estimate of drug-likeness (QED) is 0.202. The fraction of sp³-hybridized carbons (Fsp3) is 0.194. The normalized spacial score (nSPS) is 15.6. The first kappa shape index (κ1) is 26.3. The number of nitrogens with one attached hydrogen (secondary N) is 1. The number of anilines is 1. The van der Waals surface area contributed by atoms with Gasteiger partial charge in [0.15, 0.2) is 0 Å². The number of rotatable bonds is 8. The molecule has 1 aliphatic heterocycles. The van der Waals surface area contributed by atoms with Crippen LogP contribution in [0.15, 0.2) is 84.6 Å². The van der Waals surface area contributed by atoms with E-state index in [1.807, 2.05) is 53.2 Å². The van der Waals surface area contributed by atoms with Crippen LogP contribution in [0.3, 0.4) is 0 Å². The van der Waals surface area contributed by atoms with Crippen molar-refractivity contribution in [2.75, 3.05) is 11.5 Å². The maximum absolute atomic E-state index is 13.3.